The minimum Gasteiger partial charge on any atom is -0.386 e. The molecule has 2 aromatic rings. The van der Waals surface area contributed by atoms with E-state index in [0.717, 1.165) is 6.42 Å². The number of fused-ring (bicyclic) bond motifs is 1. The Morgan fingerprint density at radius 2 is 2.35 bits per heavy atom. The molecule has 0 bridgehead atoms. The van der Waals surface area contributed by atoms with Gasteiger partial charge in [0.2, 0.25) is 0 Å². The smallest absolute Gasteiger partial charge is 0.262 e. The van der Waals surface area contributed by atoms with Crippen LogP contribution in [0.25, 0.3) is 10.9 Å². The first-order valence-electron chi connectivity index (χ1n) is 6.53. The van der Waals surface area contributed by atoms with Crippen molar-refractivity contribution < 1.29 is 9.84 Å². The lowest BCUT2D eigenvalue weighted by Crippen LogP contribution is -2.44. The lowest BCUT2D eigenvalue weighted by atomic mass is 9.96. The maximum Gasteiger partial charge on any atom is 0.262 e. The van der Waals surface area contributed by atoms with Gasteiger partial charge in [-0.15, -0.1) is 0 Å². The molecular formula is C14H15ClN2O3. The second-order valence-electron chi connectivity index (χ2n) is 5.19. The summed E-state index contributed by atoms with van der Waals surface area (Å²) in [5.41, 5.74) is -0.691. The zero-order valence-electron chi connectivity index (χ0n) is 10.9. The van der Waals surface area contributed by atoms with Crippen molar-refractivity contribution in [3.63, 3.8) is 0 Å². The van der Waals surface area contributed by atoms with Crippen molar-refractivity contribution in [2.75, 3.05) is 13.2 Å². The van der Waals surface area contributed by atoms with E-state index in [1.54, 1.807) is 18.2 Å². The predicted molar refractivity (Wildman–Crippen MR) is 76.0 cm³/mol. The fourth-order valence-corrected chi connectivity index (χ4v) is 2.80. The van der Waals surface area contributed by atoms with Crippen molar-refractivity contribution in [1.29, 1.82) is 0 Å². The highest BCUT2D eigenvalue weighted by Crippen LogP contribution is 2.22. The van der Waals surface area contributed by atoms with E-state index in [9.17, 15) is 9.90 Å². The van der Waals surface area contributed by atoms with Gasteiger partial charge < -0.3 is 9.84 Å². The first-order chi connectivity index (χ1) is 9.59. The Labute approximate surface area is 120 Å². The molecule has 0 spiro atoms. The van der Waals surface area contributed by atoms with Crippen molar-refractivity contribution in [3.8, 4) is 0 Å². The zero-order valence-corrected chi connectivity index (χ0v) is 11.6. The van der Waals surface area contributed by atoms with Gasteiger partial charge in [-0.2, -0.15) is 0 Å². The van der Waals surface area contributed by atoms with Gasteiger partial charge in [-0.3, -0.25) is 9.36 Å². The predicted octanol–water partition coefficient (Wildman–Crippen LogP) is 1.59. The molecule has 106 valence electrons. The highest BCUT2D eigenvalue weighted by atomic mass is 35.5. The van der Waals surface area contributed by atoms with Crippen LogP contribution in [-0.2, 0) is 11.3 Å². The van der Waals surface area contributed by atoms with E-state index >= 15 is 0 Å². The summed E-state index contributed by atoms with van der Waals surface area (Å²) in [6.45, 7) is 1.05. The monoisotopic (exact) mass is 294 g/mol. The third-order valence-corrected chi connectivity index (χ3v) is 3.88. The number of benzene rings is 1. The highest BCUT2D eigenvalue weighted by Gasteiger charge is 2.31. The minimum absolute atomic E-state index is 0.167. The van der Waals surface area contributed by atoms with Crippen molar-refractivity contribution in [2.45, 2.75) is 25.0 Å². The maximum atomic E-state index is 12.5. The van der Waals surface area contributed by atoms with Crippen LogP contribution in [0.3, 0.4) is 0 Å². The van der Waals surface area contributed by atoms with E-state index in [1.807, 2.05) is 0 Å². The lowest BCUT2D eigenvalue weighted by Gasteiger charge is -2.32. The maximum absolute atomic E-state index is 12.5. The summed E-state index contributed by atoms with van der Waals surface area (Å²) in [7, 11) is 0. The second-order valence-corrected chi connectivity index (χ2v) is 5.60. The molecule has 6 heteroatoms. The van der Waals surface area contributed by atoms with Crippen LogP contribution in [0.5, 0.6) is 0 Å². The number of hydrogen-bond acceptors (Lipinski definition) is 4. The SMILES string of the molecule is O=c1c2c(Cl)cccc2ncn1CC1(O)CCCOC1. The van der Waals surface area contributed by atoms with Crippen molar-refractivity contribution in [1.82, 2.24) is 9.55 Å². The molecule has 1 aromatic carbocycles. The van der Waals surface area contributed by atoms with E-state index in [2.05, 4.69) is 4.98 Å². The molecule has 0 radical (unpaired) electrons. The number of halogens is 1. The molecule has 0 aliphatic carbocycles. The molecule has 3 rings (SSSR count). The van der Waals surface area contributed by atoms with Crippen molar-refractivity contribution in [2.24, 2.45) is 0 Å². The molecule has 1 N–H and O–H groups in total. The Balaban J connectivity index is 2.02. The van der Waals surface area contributed by atoms with E-state index < -0.39 is 5.60 Å². The third-order valence-electron chi connectivity index (χ3n) is 3.57. The number of rotatable bonds is 2. The summed E-state index contributed by atoms with van der Waals surface area (Å²) in [6.07, 6.45) is 2.85. The fraction of sp³-hybridized carbons (Fsp3) is 0.429. The Bertz CT molecular complexity index is 692. The largest absolute Gasteiger partial charge is 0.386 e. The molecule has 1 fully saturated rings. The molecule has 1 aliphatic rings. The summed E-state index contributed by atoms with van der Waals surface area (Å²) < 4.78 is 6.70. The van der Waals surface area contributed by atoms with Crippen LogP contribution < -0.4 is 5.56 Å². The summed E-state index contributed by atoms with van der Waals surface area (Å²) in [6, 6.07) is 5.16. The molecule has 0 saturated carbocycles. The molecule has 1 atom stereocenters. The van der Waals surface area contributed by atoms with Gasteiger partial charge in [-0.25, -0.2) is 4.98 Å². The van der Waals surface area contributed by atoms with Gasteiger partial charge >= 0.3 is 0 Å². The minimum atomic E-state index is -1.02. The van der Waals surface area contributed by atoms with Crippen LogP contribution >= 0.6 is 11.6 Å². The van der Waals surface area contributed by atoms with E-state index in [1.165, 1.54) is 10.9 Å². The first kappa shape index (κ1) is 13.5. The Morgan fingerprint density at radius 3 is 3.10 bits per heavy atom. The van der Waals surface area contributed by atoms with Crippen LogP contribution in [0.4, 0.5) is 0 Å². The molecule has 2 heterocycles. The Morgan fingerprint density at radius 1 is 1.50 bits per heavy atom. The fourth-order valence-electron chi connectivity index (χ4n) is 2.55. The molecule has 20 heavy (non-hydrogen) atoms. The van der Waals surface area contributed by atoms with Crippen molar-refractivity contribution >= 4 is 22.5 Å². The van der Waals surface area contributed by atoms with Crippen LogP contribution in [-0.4, -0.2) is 33.5 Å². The average molecular weight is 295 g/mol. The number of hydrogen-bond donors (Lipinski definition) is 1. The zero-order chi connectivity index (χ0) is 14.2. The van der Waals surface area contributed by atoms with Crippen molar-refractivity contribution in [3.05, 3.63) is 39.9 Å². The number of nitrogens with zero attached hydrogens (tertiary/aromatic N) is 2. The van der Waals surface area contributed by atoms with E-state index in [-0.39, 0.29) is 18.7 Å². The van der Waals surface area contributed by atoms with E-state index in [4.69, 9.17) is 16.3 Å². The van der Waals surface area contributed by atoms with Gasteiger partial charge in [-0.05, 0) is 25.0 Å². The standard InChI is InChI=1S/C14H15ClN2O3/c15-10-3-1-4-11-12(10)13(18)17(9-16-11)7-14(19)5-2-6-20-8-14/h1,3-4,9,19H,2,5-8H2. The van der Waals surface area contributed by atoms with Gasteiger partial charge in [0.15, 0.2) is 0 Å². The summed E-state index contributed by atoms with van der Waals surface area (Å²) >= 11 is 6.07. The quantitative estimate of drug-likeness (QED) is 0.913. The highest BCUT2D eigenvalue weighted by molar-refractivity contribution is 6.35. The number of aromatic nitrogens is 2. The van der Waals surface area contributed by atoms with Crippen LogP contribution in [0.2, 0.25) is 5.02 Å². The second kappa shape index (κ2) is 5.16. The van der Waals surface area contributed by atoms with Crippen LogP contribution in [0.1, 0.15) is 12.8 Å². The molecule has 1 unspecified atom stereocenters. The molecule has 1 aromatic heterocycles. The topological polar surface area (TPSA) is 64.4 Å². The molecule has 0 amide bonds. The average Bonchev–Trinajstić information content (AvgIpc) is 2.43. The number of ether oxygens (including phenoxy) is 1. The summed E-state index contributed by atoms with van der Waals surface area (Å²) in [5.74, 6) is 0. The van der Waals surface area contributed by atoms with Crippen LogP contribution in [0.15, 0.2) is 29.3 Å². The Kier molecular flexibility index (Phi) is 3.50. The lowest BCUT2D eigenvalue weighted by molar-refractivity contribution is -0.0947. The normalized spacial score (nSPS) is 23.1. The molecular weight excluding hydrogens is 280 g/mol. The number of aliphatic hydroxyl groups is 1. The summed E-state index contributed by atoms with van der Waals surface area (Å²) in [4.78, 5) is 16.7. The molecule has 1 aliphatic heterocycles. The van der Waals surface area contributed by atoms with Gasteiger partial charge in [-0.1, -0.05) is 17.7 Å². The van der Waals surface area contributed by atoms with Gasteiger partial charge in [0, 0.05) is 6.61 Å². The third kappa shape index (κ3) is 2.44. The Hall–Kier alpha value is -1.43. The van der Waals surface area contributed by atoms with Gasteiger partial charge in [0.25, 0.3) is 5.56 Å². The first-order valence-corrected chi connectivity index (χ1v) is 6.91. The van der Waals surface area contributed by atoms with Gasteiger partial charge in [0.1, 0.15) is 5.60 Å². The van der Waals surface area contributed by atoms with Crippen LogP contribution in [0, 0.1) is 0 Å². The van der Waals surface area contributed by atoms with E-state index in [0.29, 0.717) is 29.0 Å². The van der Waals surface area contributed by atoms with Gasteiger partial charge in [0.05, 0.1) is 35.4 Å². The molecule has 1 saturated heterocycles. The molecule has 5 nitrogen and oxygen atoms in total. The summed E-state index contributed by atoms with van der Waals surface area (Å²) in [5, 5.41) is 11.2.